The Hall–Kier alpha value is -3.22. The van der Waals surface area contributed by atoms with Gasteiger partial charge < -0.3 is 20.3 Å². The maximum Gasteiger partial charge on any atom is 0.407 e. The number of carbonyl (C=O) groups is 2. The molecule has 28 heavy (non-hydrogen) atoms. The van der Waals surface area contributed by atoms with E-state index < -0.39 is 18.3 Å². The van der Waals surface area contributed by atoms with Gasteiger partial charge in [0.25, 0.3) is 0 Å². The summed E-state index contributed by atoms with van der Waals surface area (Å²) in [5, 5.41) is 24.9. The van der Waals surface area contributed by atoms with E-state index in [1.165, 1.54) is 0 Å². The first-order valence-corrected chi connectivity index (χ1v) is 8.87. The van der Waals surface area contributed by atoms with Crippen molar-refractivity contribution < 1.29 is 24.5 Å². The van der Waals surface area contributed by atoms with Crippen molar-refractivity contribution in [1.29, 1.82) is 0 Å². The monoisotopic (exact) mass is 379 g/mol. The molecule has 0 saturated carbocycles. The van der Waals surface area contributed by atoms with Gasteiger partial charge in [-0.3, -0.25) is 4.79 Å². The maximum absolute atomic E-state index is 11.8. The maximum atomic E-state index is 11.8. The normalized spacial score (nSPS) is 12.9. The summed E-state index contributed by atoms with van der Waals surface area (Å²) in [5.41, 5.74) is 1.46. The Kier molecular flexibility index (Phi) is 6.37. The fourth-order valence-electron chi connectivity index (χ4n) is 3.01. The van der Waals surface area contributed by atoms with Gasteiger partial charge in [-0.2, -0.15) is 0 Å². The lowest BCUT2D eigenvalue weighted by molar-refractivity contribution is 0.0189. The van der Waals surface area contributed by atoms with Crippen molar-refractivity contribution in [3.63, 3.8) is 0 Å². The topological polar surface area (TPSA) is 95.9 Å². The first kappa shape index (κ1) is 19.5. The van der Waals surface area contributed by atoms with Crippen molar-refractivity contribution in [3.05, 3.63) is 83.4 Å². The van der Waals surface area contributed by atoms with E-state index in [-0.39, 0.29) is 18.7 Å². The number of amides is 1. The third kappa shape index (κ3) is 4.54. The van der Waals surface area contributed by atoms with E-state index in [9.17, 15) is 19.8 Å². The van der Waals surface area contributed by atoms with E-state index in [1.807, 2.05) is 42.5 Å². The Morgan fingerprint density at radius 2 is 1.71 bits per heavy atom. The summed E-state index contributed by atoms with van der Waals surface area (Å²) in [6.07, 6.45) is -2.72. The van der Waals surface area contributed by atoms with Crippen LogP contribution in [0.1, 0.15) is 27.6 Å². The predicted octanol–water partition coefficient (Wildman–Crippen LogP) is 2.97. The van der Waals surface area contributed by atoms with Gasteiger partial charge >= 0.3 is 6.09 Å². The van der Waals surface area contributed by atoms with E-state index in [4.69, 9.17) is 4.74 Å². The van der Waals surface area contributed by atoms with Crippen LogP contribution in [0, 0.1) is 0 Å². The van der Waals surface area contributed by atoms with Crippen LogP contribution in [0.2, 0.25) is 0 Å². The quantitative estimate of drug-likeness (QED) is 0.549. The molecule has 0 aliphatic rings. The minimum Gasteiger partial charge on any atom is -0.445 e. The van der Waals surface area contributed by atoms with E-state index in [1.54, 1.807) is 24.3 Å². The molecule has 6 nitrogen and oxygen atoms in total. The molecular weight excluding hydrogens is 358 g/mol. The molecule has 0 aliphatic heterocycles. The largest absolute Gasteiger partial charge is 0.445 e. The number of hydrogen-bond donors (Lipinski definition) is 3. The van der Waals surface area contributed by atoms with Crippen LogP contribution in [0.25, 0.3) is 10.8 Å². The highest BCUT2D eigenvalue weighted by molar-refractivity contribution is 5.93. The molecule has 0 aromatic heterocycles. The lowest BCUT2D eigenvalue weighted by Gasteiger charge is -2.21. The molecule has 0 spiro atoms. The molecule has 144 valence electrons. The minimum atomic E-state index is -1.35. The van der Waals surface area contributed by atoms with Gasteiger partial charge in [-0.1, -0.05) is 66.7 Å². The third-order valence-electron chi connectivity index (χ3n) is 4.46. The van der Waals surface area contributed by atoms with Crippen LogP contribution in [0.15, 0.2) is 66.7 Å². The summed E-state index contributed by atoms with van der Waals surface area (Å²) in [6.45, 7) is -0.125. The Labute approximate surface area is 162 Å². The van der Waals surface area contributed by atoms with Gasteiger partial charge in [0.05, 0.1) is 0 Å². The van der Waals surface area contributed by atoms with Gasteiger partial charge in [0.2, 0.25) is 0 Å². The van der Waals surface area contributed by atoms with Gasteiger partial charge in [-0.05, 0) is 16.3 Å². The van der Waals surface area contributed by atoms with Crippen LogP contribution in [-0.4, -0.2) is 35.2 Å². The van der Waals surface area contributed by atoms with Gasteiger partial charge in [0, 0.05) is 17.7 Å². The zero-order valence-corrected chi connectivity index (χ0v) is 15.1. The van der Waals surface area contributed by atoms with Crippen molar-refractivity contribution in [2.45, 2.75) is 18.8 Å². The van der Waals surface area contributed by atoms with Crippen LogP contribution < -0.4 is 5.32 Å². The number of fused-ring (bicyclic) bond motifs is 1. The molecule has 3 aromatic carbocycles. The van der Waals surface area contributed by atoms with E-state index >= 15 is 0 Å². The number of aliphatic hydroxyl groups is 2. The number of aliphatic hydroxyl groups excluding tert-OH is 2. The zero-order valence-electron chi connectivity index (χ0n) is 15.1. The molecule has 2 atom stereocenters. The van der Waals surface area contributed by atoms with Gasteiger partial charge in [-0.25, -0.2) is 4.79 Å². The SMILES string of the molecule is O=Cc1ccc2ccccc2c1C(O)C(O)CNC(=O)OCc1ccccc1. The summed E-state index contributed by atoms with van der Waals surface area (Å²) in [5.74, 6) is 0. The van der Waals surface area contributed by atoms with E-state index in [0.29, 0.717) is 17.2 Å². The summed E-state index contributed by atoms with van der Waals surface area (Å²) >= 11 is 0. The van der Waals surface area contributed by atoms with Crippen molar-refractivity contribution in [1.82, 2.24) is 5.32 Å². The zero-order chi connectivity index (χ0) is 19.9. The van der Waals surface area contributed by atoms with Gasteiger partial charge in [0.1, 0.15) is 25.1 Å². The van der Waals surface area contributed by atoms with Crippen molar-refractivity contribution in [3.8, 4) is 0 Å². The molecule has 3 N–H and O–H groups in total. The Bertz CT molecular complexity index is 958. The van der Waals surface area contributed by atoms with Crippen LogP contribution in [-0.2, 0) is 11.3 Å². The number of nitrogens with one attached hydrogen (secondary N) is 1. The molecular formula is C22H21NO5. The number of benzene rings is 3. The van der Waals surface area contributed by atoms with Crippen LogP contribution in [0.5, 0.6) is 0 Å². The lowest BCUT2D eigenvalue weighted by Crippen LogP contribution is -2.36. The molecule has 3 rings (SSSR count). The fourth-order valence-corrected chi connectivity index (χ4v) is 3.01. The molecule has 1 amide bonds. The number of aldehydes is 1. The smallest absolute Gasteiger partial charge is 0.407 e. The first-order valence-electron chi connectivity index (χ1n) is 8.87. The standard InChI is InChI=1S/C22H21NO5/c24-13-17-11-10-16-8-4-5-9-18(16)20(17)21(26)19(25)12-23-22(27)28-14-15-6-2-1-3-7-15/h1-11,13,19,21,25-26H,12,14H2,(H,23,27). The highest BCUT2D eigenvalue weighted by Gasteiger charge is 2.24. The molecule has 0 radical (unpaired) electrons. The highest BCUT2D eigenvalue weighted by atomic mass is 16.5. The summed E-state index contributed by atoms with van der Waals surface area (Å²) in [7, 11) is 0. The molecule has 0 fully saturated rings. The molecule has 3 aromatic rings. The highest BCUT2D eigenvalue weighted by Crippen LogP contribution is 2.29. The van der Waals surface area contributed by atoms with Crippen molar-refractivity contribution in [2.24, 2.45) is 0 Å². The second kappa shape index (κ2) is 9.12. The molecule has 0 bridgehead atoms. The number of carbonyl (C=O) groups excluding carboxylic acids is 2. The second-order valence-electron chi connectivity index (χ2n) is 6.36. The van der Waals surface area contributed by atoms with E-state index in [0.717, 1.165) is 10.9 Å². The number of rotatable bonds is 7. The fraction of sp³-hybridized carbons (Fsp3) is 0.182. The molecule has 0 saturated heterocycles. The summed E-state index contributed by atoms with van der Waals surface area (Å²) in [4.78, 5) is 23.2. The Morgan fingerprint density at radius 3 is 2.46 bits per heavy atom. The minimum absolute atomic E-state index is 0.101. The Morgan fingerprint density at radius 1 is 1.00 bits per heavy atom. The number of ether oxygens (including phenoxy) is 1. The summed E-state index contributed by atoms with van der Waals surface area (Å²) in [6, 6.07) is 19.8. The molecule has 0 heterocycles. The number of alkyl carbamates (subject to hydrolysis) is 1. The summed E-state index contributed by atoms with van der Waals surface area (Å²) < 4.78 is 5.08. The average Bonchev–Trinajstić information content (AvgIpc) is 2.75. The van der Waals surface area contributed by atoms with Crippen molar-refractivity contribution >= 4 is 23.2 Å². The predicted molar refractivity (Wildman–Crippen MR) is 105 cm³/mol. The van der Waals surface area contributed by atoms with Gasteiger partial charge in [0.15, 0.2) is 0 Å². The lowest BCUT2D eigenvalue weighted by atomic mass is 9.93. The van der Waals surface area contributed by atoms with Crippen LogP contribution >= 0.6 is 0 Å². The van der Waals surface area contributed by atoms with E-state index in [2.05, 4.69) is 5.32 Å². The Balaban J connectivity index is 1.64. The average molecular weight is 379 g/mol. The third-order valence-corrected chi connectivity index (χ3v) is 4.46. The molecule has 0 aliphatic carbocycles. The second-order valence-corrected chi connectivity index (χ2v) is 6.36. The molecule has 2 unspecified atom stereocenters. The van der Waals surface area contributed by atoms with Crippen molar-refractivity contribution in [2.75, 3.05) is 6.54 Å². The van der Waals surface area contributed by atoms with Crippen LogP contribution in [0.3, 0.4) is 0 Å². The van der Waals surface area contributed by atoms with Crippen LogP contribution in [0.4, 0.5) is 4.79 Å². The van der Waals surface area contributed by atoms with Gasteiger partial charge in [-0.15, -0.1) is 0 Å². The molecule has 6 heteroatoms. The number of hydrogen-bond acceptors (Lipinski definition) is 5. The first-order chi connectivity index (χ1) is 13.6.